The van der Waals surface area contributed by atoms with E-state index in [0.717, 1.165) is 12.1 Å². The summed E-state index contributed by atoms with van der Waals surface area (Å²) in [5, 5.41) is 3.03. The lowest BCUT2D eigenvalue weighted by Gasteiger charge is -2.17. The van der Waals surface area contributed by atoms with Gasteiger partial charge < -0.3 is 15.6 Å². The van der Waals surface area contributed by atoms with Gasteiger partial charge in [0.2, 0.25) is 0 Å². The number of carbonyl (C=O) groups is 1. The van der Waals surface area contributed by atoms with Gasteiger partial charge in [0.15, 0.2) is 5.78 Å². The molecule has 0 bridgehead atoms. The fourth-order valence-electron chi connectivity index (χ4n) is 4.10. The third-order valence-corrected chi connectivity index (χ3v) is 5.83. The highest BCUT2D eigenvalue weighted by atomic mass is 19.4. The summed E-state index contributed by atoms with van der Waals surface area (Å²) < 4.78 is 54.8. The lowest BCUT2D eigenvalue weighted by molar-refractivity contribution is -0.137. The summed E-state index contributed by atoms with van der Waals surface area (Å²) in [5.41, 5.74) is 5.90. The minimum Gasteiger partial charge on any atom is -0.364 e. The molecule has 1 saturated carbocycles. The number of halogens is 4. The Balaban J connectivity index is 1.50. The number of anilines is 1. The monoisotopic (exact) mass is 461 g/mol. The van der Waals surface area contributed by atoms with Crippen LogP contribution < -0.4 is 11.1 Å². The highest BCUT2D eigenvalue weighted by Gasteiger charge is 2.34. The van der Waals surface area contributed by atoms with Crippen LogP contribution in [-0.2, 0) is 12.7 Å². The van der Waals surface area contributed by atoms with Crippen LogP contribution in [0.25, 0.3) is 0 Å². The molecule has 10 heteroatoms. The van der Waals surface area contributed by atoms with Gasteiger partial charge in [0, 0.05) is 30.7 Å². The van der Waals surface area contributed by atoms with Crippen molar-refractivity contribution in [1.82, 2.24) is 14.5 Å². The summed E-state index contributed by atoms with van der Waals surface area (Å²) >= 11 is 0. The molecule has 1 aliphatic carbocycles. The van der Waals surface area contributed by atoms with Crippen LogP contribution in [0.5, 0.6) is 0 Å². The Labute approximate surface area is 187 Å². The molecule has 3 aromatic rings. The molecular formula is C23H23F4N5O. The van der Waals surface area contributed by atoms with Gasteiger partial charge in [0.05, 0.1) is 17.2 Å². The van der Waals surface area contributed by atoms with Crippen LogP contribution >= 0.6 is 0 Å². The van der Waals surface area contributed by atoms with Crippen molar-refractivity contribution in [3.8, 4) is 0 Å². The van der Waals surface area contributed by atoms with Crippen LogP contribution in [0.1, 0.15) is 39.9 Å². The maximum Gasteiger partial charge on any atom is 0.416 e. The highest BCUT2D eigenvalue weighted by molar-refractivity contribution is 6.11. The standard InChI is InChI=1S/C23H23F4N5O/c24-19-7-15(9-28)8-20(19)31-22-18(10-29-13-30-22)21(33)16-4-5-32(12-16)11-14-2-1-3-17(6-14)23(25,26)27/h1-6,10,12-13,15,19-20H,7-9,11,28H2,(H,29,30,31). The number of ketones is 1. The second-order valence-electron chi connectivity index (χ2n) is 8.22. The van der Waals surface area contributed by atoms with Gasteiger partial charge in [0.25, 0.3) is 0 Å². The minimum atomic E-state index is -4.42. The van der Waals surface area contributed by atoms with E-state index in [9.17, 15) is 22.4 Å². The van der Waals surface area contributed by atoms with Gasteiger partial charge in [-0.15, -0.1) is 0 Å². The Morgan fingerprint density at radius 1 is 1.24 bits per heavy atom. The molecule has 3 unspecified atom stereocenters. The zero-order chi connectivity index (χ0) is 23.6. The molecule has 1 fully saturated rings. The van der Waals surface area contributed by atoms with Crippen molar-refractivity contribution in [3.05, 3.63) is 77.5 Å². The number of nitrogens with zero attached hydrogens (tertiary/aromatic N) is 3. The first kappa shape index (κ1) is 22.9. The molecule has 6 nitrogen and oxygen atoms in total. The summed E-state index contributed by atoms with van der Waals surface area (Å²) in [6, 6.07) is 6.12. The fraction of sp³-hybridized carbons (Fsp3) is 0.348. The van der Waals surface area contributed by atoms with E-state index >= 15 is 0 Å². The lowest BCUT2D eigenvalue weighted by atomic mass is 10.1. The molecule has 3 atom stereocenters. The van der Waals surface area contributed by atoms with E-state index in [0.29, 0.717) is 30.5 Å². The lowest BCUT2D eigenvalue weighted by Crippen LogP contribution is -2.27. The number of alkyl halides is 4. The number of benzene rings is 1. The molecule has 2 aromatic heterocycles. The second kappa shape index (κ2) is 9.30. The third kappa shape index (κ3) is 5.22. The van der Waals surface area contributed by atoms with E-state index < -0.39 is 24.0 Å². The molecule has 4 rings (SSSR count). The molecule has 1 aliphatic rings. The number of hydrogen-bond donors (Lipinski definition) is 2. The van der Waals surface area contributed by atoms with Gasteiger partial charge >= 0.3 is 6.18 Å². The van der Waals surface area contributed by atoms with Crippen molar-refractivity contribution in [2.24, 2.45) is 11.7 Å². The molecule has 2 heterocycles. The van der Waals surface area contributed by atoms with E-state index in [1.807, 2.05) is 0 Å². The van der Waals surface area contributed by atoms with E-state index in [-0.39, 0.29) is 29.6 Å². The summed E-state index contributed by atoms with van der Waals surface area (Å²) in [4.78, 5) is 21.2. The van der Waals surface area contributed by atoms with E-state index in [1.54, 1.807) is 29.1 Å². The number of rotatable bonds is 7. The topological polar surface area (TPSA) is 85.8 Å². The first-order valence-corrected chi connectivity index (χ1v) is 10.5. The molecular weight excluding hydrogens is 438 g/mol. The first-order valence-electron chi connectivity index (χ1n) is 10.5. The molecule has 0 amide bonds. The fourth-order valence-corrected chi connectivity index (χ4v) is 4.10. The Hall–Kier alpha value is -3.27. The molecule has 0 aliphatic heterocycles. The van der Waals surface area contributed by atoms with E-state index in [1.165, 1.54) is 18.6 Å². The van der Waals surface area contributed by atoms with Crippen LogP contribution in [0.2, 0.25) is 0 Å². The normalized spacial score (nSPS) is 20.7. The predicted molar refractivity (Wildman–Crippen MR) is 115 cm³/mol. The number of nitrogens with one attached hydrogen (secondary N) is 1. The van der Waals surface area contributed by atoms with Crippen LogP contribution in [0.15, 0.2) is 55.2 Å². The van der Waals surface area contributed by atoms with E-state index in [4.69, 9.17) is 5.73 Å². The summed E-state index contributed by atoms with van der Waals surface area (Å²) in [5.74, 6) is -0.0565. The third-order valence-electron chi connectivity index (χ3n) is 5.83. The van der Waals surface area contributed by atoms with Crippen molar-refractivity contribution in [2.75, 3.05) is 11.9 Å². The molecule has 1 aromatic carbocycles. The smallest absolute Gasteiger partial charge is 0.364 e. The zero-order valence-electron chi connectivity index (χ0n) is 17.6. The summed E-state index contributed by atoms with van der Waals surface area (Å²) in [6.07, 6.45) is 1.20. The average Bonchev–Trinajstić information content (AvgIpc) is 3.40. The highest BCUT2D eigenvalue weighted by Crippen LogP contribution is 2.31. The van der Waals surface area contributed by atoms with Gasteiger partial charge in [-0.05, 0) is 49.1 Å². The number of hydrogen-bond acceptors (Lipinski definition) is 5. The average molecular weight is 461 g/mol. The van der Waals surface area contributed by atoms with Gasteiger partial charge in [-0.1, -0.05) is 12.1 Å². The number of aromatic nitrogens is 3. The van der Waals surface area contributed by atoms with Crippen molar-refractivity contribution >= 4 is 11.6 Å². The van der Waals surface area contributed by atoms with Crippen LogP contribution in [-0.4, -0.2) is 39.1 Å². The molecule has 174 valence electrons. The molecule has 0 radical (unpaired) electrons. The Morgan fingerprint density at radius 3 is 2.79 bits per heavy atom. The predicted octanol–water partition coefficient (Wildman–Crippen LogP) is 4.06. The van der Waals surface area contributed by atoms with Crippen LogP contribution in [0, 0.1) is 5.92 Å². The first-order chi connectivity index (χ1) is 15.7. The molecule has 3 N–H and O–H groups in total. The quantitative estimate of drug-likeness (QED) is 0.409. The van der Waals surface area contributed by atoms with Crippen molar-refractivity contribution < 1.29 is 22.4 Å². The van der Waals surface area contributed by atoms with Gasteiger partial charge in [-0.2, -0.15) is 13.2 Å². The summed E-state index contributed by atoms with van der Waals surface area (Å²) in [7, 11) is 0. The summed E-state index contributed by atoms with van der Waals surface area (Å²) in [6.45, 7) is 0.563. The minimum absolute atomic E-state index is 0.0726. The molecule has 33 heavy (non-hydrogen) atoms. The number of nitrogens with two attached hydrogens (primary N) is 1. The largest absolute Gasteiger partial charge is 0.416 e. The van der Waals surface area contributed by atoms with Gasteiger partial charge in [-0.3, -0.25) is 4.79 Å². The van der Waals surface area contributed by atoms with Gasteiger partial charge in [0.1, 0.15) is 18.3 Å². The second-order valence-corrected chi connectivity index (χ2v) is 8.22. The van der Waals surface area contributed by atoms with Crippen LogP contribution in [0.3, 0.4) is 0 Å². The Kier molecular flexibility index (Phi) is 6.46. The molecule has 0 spiro atoms. The van der Waals surface area contributed by atoms with Gasteiger partial charge in [-0.25, -0.2) is 14.4 Å². The maximum absolute atomic E-state index is 14.4. The Bertz CT molecular complexity index is 1130. The maximum atomic E-state index is 14.4. The Morgan fingerprint density at radius 2 is 2.06 bits per heavy atom. The van der Waals surface area contributed by atoms with Crippen molar-refractivity contribution in [2.45, 2.75) is 37.8 Å². The number of carbonyl (C=O) groups excluding carboxylic acids is 1. The van der Waals surface area contributed by atoms with E-state index in [2.05, 4.69) is 15.3 Å². The van der Waals surface area contributed by atoms with Crippen molar-refractivity contribution in [3.63, 3.8) is 0 Å². The SMILES string of the molecule is NCC1CC(F)C(Nc2ncncc2C(=O)c2ccn(Cc3cccc(C(F)(F)F)c3)c2)C1. The van der Waals surface area contributed by atoms with Crippen LogP contribution in [0.4, 0.5) is 23.4 Å². The molecule has 0 saturated heterocycles. The van der Waals surface area contributed by atoms with Crippen molar-refractivity contribution in [1.29, 1.82) is 0 Å². The zero-order valence-corrected chi connectivity index (χ0v) is 17.6.